The molecule has 0 heterocycles. The van der Waals surface area contributed by atoms with Crippen molar-refractivity contribution in [2.24, 2.45) is 0 Å². The fourth-order valence-electron chi connectivity index (χ4n) is 0.569. The fraction of sp³-hybridized carbons (Fsp3) is 0. The summed E-state index contributed by atoms with van der Waals surface area (Å²) in [5, 5.41) is 0. The molecule has 94 valence electrons. The Morgan fingerprint density at radius 1 is 0.824 bits per heavy atom. The molecule has 0 rings (SSSR count). The van der Waals surface area contributed by atoms with Crippen molar-refractivity contribution in [2.75, 3.05) is 0 Å². The van der Waals surface area contributed by atoms with Crippen LogP contribution in [0.1, 0.15) is 0 Å². The van der Waals surface area contributed by atoms with Gasteiger partial charge in [-0.1, -0.05) is 0 Å². The van der Waals surface area contributed by atoms with E-state index in [0.29, 0.717) is 18.2 Å². The van der Waals surface area contributed by atoms with E-state index in [9.17, 15) is 19.3 Å². The normalized spacial score (nSPS) is 10.6. The van der Waals surface area contributed by atoms with Crippen LogP contribution in [-0.4, -0.2) is 22.8 Å². The van der Waals surface area contributed by atoms with Crippen molar-refractivity contribution in [2.45, 2.75) is 0 Å². The second-order valence-corrected chi connectivity index (χ2v) is 4.06. The van der Waals surface area contributed by atoms with Crippen LogP contribution >= 0.6 is 8.17 Å². The first-order valence-electron chi connectivity index (χ1n) is 4.15. The van der Waals surface area contributed by atoms with Gasteiger partial charge in [0.15, 0.2) is 0 Å². The third-order valence-corrected chi connectivity index (χ3v) is 2.57. The third-order valence-electron chi connectivity index (χ3n) is 1.19. The zero-order valence-corrected chi connectivity index (χ0v) is 9.75. The second-order valence-electron chi connectivity index (χ2n) is 2.40. The molecule has 0 aromatic rings. The van der Waals surface area contributed by atoms with E-state index in [1.807, 2.05) is 0 Å². The quantitative estimate of drug-likeness (QED) is 0.552. The van der Waals surface area contributed by atoms with Crippen LogP contribution in [0.5, 0.6) is 0 Å². The van der Waals surface area contributed by atoms with Crippen LogP contribution in [0.3, 0.4) is 0 Å². The Morgan fingerprint density at radius 2 is 1.06 bits per heavy atom. The maximum absolute atomic E-state index is 10.9. The Hall–Kier alpha value is -1.98. The van der Waals surface area contributed by atoms with Crippen LogP contribution in [0.25, 0.3) is 0 Å². The summed E-state index contributed by atoms with van der Waals surface area (Å²) in [6.07, 6.45) is 2.09. The SMILES string of the molecule is C=CC(=O)O[PH](O)(OC(=O)C=C)OC(=O)C=C. The monoisotopic (exact) mass is 262 g/mol. The number of carbonyl (C=O) groups excluding carboxylic acids is 3. The standard InChI is InChI=1S/C9H11O7P/c1-4-7(10)14-17(13,15-8(11)5-2)16-9(12)6-3/h4-6,13,17H,1-3H2. The molecule has 17 heavy (non-hydrogen) atoms. The molecule has 0 aliphatic heterocycles. The van der Waals surface area contributed by atoms with Gasteiger partial charge in [-0.3, -0.25) is 0 Å². The Balaban J connectivity index is 4.90. The first kappa shape index (κ1) is 15.0. The van der Waals surface area contributed by atoms with E-state index in [-0.39, 0.29) is 0 Å². The van der Waals surface area contributed by atoms with E-state index in [1.165, 1.54) is 0 Å². The average molecular weight is 262 g/mol. The van der Waals surface area contributed by atoms with E-state index in [1.54, 1.807) is 0 Å². The van der Waals surface area contributed by atoms with Crippen LogP contribution in [-0.2, 0) is 28.0 Å². The molecule has 0 saturated carbocycles. The average Bonchev–Trinajstić information content (AvgIpc) is 2.27. The summed E-state index contributed by atoms with van der Waals surface area (Å²) in [6.45, 7) is 9.18. The molecule has 0 aromatic heterocycles. The third kappa shape index (κ3) is 5.60. The molecular formula is C9H11O7P. The fourth-order valence-corrected chi connectivity index (χ4v) is 1.71. The molecule has 0 saturated heterocycles. The summed E-state index contributed by atoms with van der Waals surface area (Å²) < 4.78 is 12.9. The molecule has 0 bridgehead atoms. The Labute approximate surface area is 97.6 Å². The van der Waals surface area contributed by atoms with E-state index in [4.69, 9.17) is 0 Å². The topological polar surface area (TPSA) is 99.1 Å². The van der Waals surface area contributed by atoms with Gasteiger partial charge in [0, 0.05) is 0 Å². The molecule has 1 N–H and O–H groups in total. The Morgan fingerprint density at radius 3 is 1.24 bits per heavy atom. The van der Waals surface area contributed by atoms with Crippen LogP contribution in [0, 0.1) is 0 Å². The molecule has 0 aliphatic rings. The minimum absolute atomic E-state index is 0.696. The number of hydrogen-bond acceptors (Lipinski definition) is 7. The molecule has 0 fully saturated rings. The molecule has 0 atom stereocenters. The molecule has 0 aliphatic carbocycles. The Bertz CT molecular complexity index is 318. The van der Waals surface area contributed by atoms with Crippen molar-refractivity contribution in [1.82, 2.24) is 0 Å². The molecule has 0 radical (unpaired) electrons. The van der Waals surface area contributed by atoms with E-state index < -0.39 is 26.1 Å². The summed E-state index contributed by atoms with van der Waals surface area (Å²) in [7, 11) is -4.76. The molecule has 0 spiro atoms. The molecule has 8 heteroatoms. The summed E-state index contributed by atoms with van der Waals surface area (Å²) in [4.78, 5) is 42.2. The van der Waals surface area contributed by atoms with Crippen molar-refractivity contribution in [3.8, 4) is 0 Å². The summed E-state index contributed by atoms with van der Waals surface area (Å²) in [5.74, 6) is -3.35. The van der Waals surface area contributed by atoms with Gasteiger partial charge in [0.2, 0.25) is 0 Å². The van der Waals surface area contributed by atoms with Gasteiger partial charge in [-0.2, -0.15) is 0 Å². The molecule has 0 amide bonds. The van der Waals surface area contributed by atoms with Crippen molar-refractivity contribution in [3.05, 3.63) is 38.0 Å². The van der Waals surface area contributed by atoms with E-state index in [2.05, 4.69) is 33.3 Å². The van der Waals surface area contributed by atoms with Crippen molar-refractivity contribution < 1.29 is 32.8 Å². The summed E-state index contributed by atoms with van der Waals surface area (Å²) in [5.41, 5.74) is 0. The van der Waals surface area contributed by atoms with Gasteiger partial charge >= 0.3 is 96.9 Å². The van der Waals surface area contributed by atoms with Gasteiger partial charge in [-0.15, -0.1) is 0 Å². The van der Waals surface area contributed by atoms with Crippen LogP contribution in [0.4, 0.5) is 0 Å². The number of rotatable bonds is 6. The van der Waals surface area contributed by atoms with Crippen molar-refractivity contribution in [3.63, 3.8) is 0 Å². The van der Waals surface area contributed by atoms with Crippen molar-refractivity contribution in [1.29, 1.82) is 0 Å². The van der Waals surface area contributed by atoms with E-state index >= 15 is 0 Å². The zero-order valence-electron chi connectivity index (χ0n) is 8.75. The summed E-state index contributed by atoms with van der Waals surface area (Å²) in [6, 6.07) is 0. The van der Waals surface area contributed by atoms with E-state index in [0.717, 1.165) is 0 Å². The predicted octanol–water partition coefficient (Wildman–Crippen LogP) is 0.576. The summed E-state index contributed by atoms with van der Waals surface area (Å²) >= 11 is 0. The first-order chi connectivity index (χ1) is 7.86. The zero-order chi connectivity index (χ0) is 13.5. The van der Waals surface area contributed by atoms with Gasteiger partial charge in [0.1, 0.15) is 0 Å². The first-order valence-corrected chi connectivity index (χ1v) is 5.82. The number of carbonyl (C=O) groups is 3. The molecule has 0 unspecified atom stereocenters. The van der Waals surface area contributed by atoms with Crippen LogP contribution in [0.15, 0.2) is 38.0 Å². The van der Waals surface area contributed by atoms with Gasteiger partial charge in [0.25, 0.3) is 0 Å². The second kappa shape index (κ2) is 6.57. The van der Waals surface area contributed by atoms with Crippen LogP contribution < -0.4 is 0 Å². The Kier molecular flexibility index (Phi) is 5.80. The maximum atomic E-state index is 10.9. The minimum atomic E-state index is -4.76. The number of hydrogen-bond donors (Lipinski definition) is 1. The van der Waals surface area contributed by atoms with Crippen LogP contribution in [0.2, 0.25) is 0 Å². The molecular weight excluding hydrogens is 251 g/mol. The predicted molar refractivity (Wildman–Crippen MR) is 59.4 cm³/mol. The molecule has 0 aromatic carbocycles. The van der Waals surface area contributed by atoms with Crippen molar-refractivity contribution >= 4 is 26.1 Å². The van der Waals surface area contributed by atoms with Gasteiger partial charge in [-0.05, 0) is 0 Å². The van der Waals surface area contributed by atoms with Gasteiger partial charge in [-0.25, -0.2) is 0 Å². The van der Waals surface area contributed by atoms with Gasteiger partial charge < -0.3 is 0 Å². The van der Waals surface area contributed by atoms with Gasteiger partial charge in [0.05, 0.1) is 0 Å². The molecule has 7 nitrogen and oxygen atoms in total.